The molecule has 17 heavy (non-hydrogen) atoms. The van der Waals surface area contributed by atoms with E-state index in [1.54, 1.807) is 12.4 Å². The standard InChI is InChI=1S/C12H12N3O2/c1-8-12-9(6-16)13-7-14(12)10-4-2-3-5-11(10)15(8)17/h2-5,7-8,16H,6H2,1H3/q-1. The molecule has 0 bridgehead atoms. The lowest BCUT2D eigenvalue weighted by Gasteiger charge is -2.42. The summed E-state index contributed by atoms with van der Waals surface area (Å²) >= 11 is 0. The van der Waals surface area contributed by atoms with Crippen LogP contribution in [0.4, 0.5) is 5.69 Å². The molecule has 5 heteroatoms. The smallest absolute Gasteiger partial charge is 0.1000 e. The first-order valence-electron chi connectivity index (χ1n) is 5.46. The summed E-state index contributed by atoms with van der Waals surface area (Å²) in [5.41, 5.74) is 2.77. The largest absolute Gasteiger partial charge is 0.758 e. The molecule has 0 radical (unpaired) electrons. The summed E-state index contributed by atoms with van der Waals surface area (Å²) in [7, 11) is 0. The zero-order valence-electron chi connectivity index (χ0n) is 9.37. The first kappa shape index (κ1) is 10.3. The predicted molar refractivity (Wildman–Crippen MR) is 63.7 cm³/mol. The van der Waals surface area contributed by atoms with E-state index in [1.807, 2.05) is 29.7 Å². The minimum Gasteiger partial charge on any atom is -0.758 e. The molecule has 3 rings (SSSR count). The number of imidazole rings is 1. The molecule has 1 aliphatic rings. The number of benzene rings is 1. The Kier molecular flexibility index (Phi) is 2.17. The molecule has 0 saturated heterocycles. The number of fused-ring (bicyclic) bond motifs is 3. The van der Waals surface area contributed by atoms with Crippen LogP contribution >= 0.6 is 0 Å². The molecule has 0 fully saturated rings. The maximum atomic E-state index is 12.1. The molecule has 1 N–H and O–H groups in total. The topological polar surface area (TPSA) is 64.4 Å². The van der Waals surface area contributed by atoms with Gasteiger partial charge in [0.2, 0.25) is 0 Å². The van der Waals surface area contributed by atoms with E-state index in [1.165, 1.54) is 0 Å². The number of hydroxylamine groups is 1. The van der Waals surface area contributed by atoms with Crippen LogP contribution in [-0.4, -0.2) is 14.7 Å². The van der Waals surface area contributed by atoms with E-state index in [-0.39, 0.29) is 12.6 Å². The number of anilines is 1. The summed E-state index contributed by atoms with van der Waals surface area (Å²) in [5, 5.41) is 22.3. The van der Waals surface area contributed by atoms with Gasteiger partial charge in [-0.05, 0) is 19.1 Å². The Balaban J connectivity index is 2.29. The highest BCUT2D eigenvalue weighted by Gasteiger charge is 2.26. The summed E-state index contributed by atoms with van der Waals surface area (Å²) in [6.45, 7) is 1.66. The van der Waals surface area contributed by atoms with Gasteiger partial charge in [-0.1, -0.05) is 12.1 Å². The van der Waals surface area contributed by atoms with Gasteiger partial charge in [0.15, 0.2) is 0 Å². The molecule has 5 nitrogen and oxygen atoms in total. The van der Waals surface area contributed by atoms with Crippen molar-refractivity contribution in [3.63, 3.8) is 0 Å². The molecule has 1 unspecified atom stereocenters. The summed E-state index contributed by atoms with van der Waals surface area (Å²) in [6.07, 6.45) is 1.66. The minimum atomic E-state index is -0.338. The summed E-state index contributed by atoms with van der Waals surface area (Å²) in [6, 6.07) is 7.05. The van der Waals surface area contributed by atoms with Crippen LogP contribution in [0, 0.1) is 5.21 Å². The number of aliphatic hydroxyl groups is 1. The van der Waals surface area contributed by atoms with Crippen LogP contribution in [0.5, 0.6) is 0 Å². The molecule has 1 aliphatic heterocycles. The lowest BCUT2D eigenvalue weighted by atomic mass is 10.1. The first-order chi connectivity index (χ1) is 8.24. The van der Waals surface area contributed by atoms with Crippen molar-refractivity contribution < 1.29 is 5.11 Å². The first-order valence-corrected chi connectivity index (χ1v) is 5.46. The second kappa shape index (κ2) is 3.58. The van der Waals surface area contributed by atoms with Crippen molar-refractivity contribution in [1.29, 1.82) is 0 Å². The molecule has 0 aliphatic carbocycles. The fourth-order valence-electron chi connectivity index (χ4n) is 2.32. The molecule has 0 saturated carbocycles. The number of hydrogen-bond donors (Lipinski definition) is 1. The molecule has 88 valence electrons. The van der Waals surface area contributed by atoms with Crippen LogP contribution < -0.4 is 5.06 Å². The predicted octanol–water partition coefficient (Wildman–Crippen LogP) is 1.74. The van der Waals surface area contributed by atoms with Gasteiger partial charge in [-0.25, -0.2) is 4.98 Å². The van der Waals surface area contributed by atoms with Crippen LogP contribution in [0.15, 0.2) is 30.6 Å². The Morgan fingerprint density at radius 2 is 2.06 bits per heavy atom. The van der Waals surface area contributed by atoms with Crippen molar-refractivity contribution >= 4 is 5.69 Å². The van der Waals surface area contributed by atoms with Crippen molar-refractivity contribution in [3.8, 4) is 5.69 Å². The molecule has 2 aromatic rings. The fraction of sp³-hybridized carbons (Fsp3) is 0.250. The van der Waals surface area contributed by atoms with Gasteiger partial charge < -0.3 is 15.4 Å². The van der Waals surface area contributed by atoms with Crippen LogP contribution in [0.1, 0.15) is 24.4 Å². The van der Waals surface area contributed by atoms with Gasteiger partial charge in [0, 0.05) is 0 Å². The minimum absolute atomic E-state index is 0.150. The average Bonchev–Trinajstić information content (AvgIpc) is 2.80. The number of nitrogens with zero attached hydrogens (tertiary/aromatic N) is 3. The summed E-state index contributed by atoms with van der Waals surface area (Å²) < 4.78 is 1.87. The van der Waals surface area contributed by atoms with E-state index in [9.17, 15) is 10.3 Å². The molecule has 0 amide bonds. The number of rotatable bonds is 1. The van der Waals surface area contributed by atoms with Gasteiger partial charge in [0.1, 0.15) is 0 Å². The molecule has 1 aromatic heterocycles. The number of aromatic nitrogens is 2. The average molecular weight is 230 g/mol. The van der Waals surface area contributed by atoms with Gasteiger partial charge in [-0.3, -0.25) is 4.57 Å². The number of aliphatic hydroxyl groups excluding tert-OH is 1. The quantitative estimate of drug-likeness (QED) is 0.810. The van der Waals surface area contributed by atoms with E-state index in [0.29, 0.717) is 11.4 Å². The molecule has 1 aromatic carbocycles. The van der Waals surface area contributed by atoms with Gasteiger partial charge in [0.25, 0.3) is 0 Å². The lowest BCUT2D eigenvalue weighted by molar-refractivity contribution is 0.275. The van der Waals surface area contributed by atoms with Crippen LogP contribution in [0.2, 0.25) is 0 Å². The van der Waals surface area contributed by atoms with Gasteiger partial charge in [-0.15, -0.1) is 0 Å². The Hall–Kier alpha value is -1.85. The molecule has 0 spiro atoms. The molecular weight excluding hydrogens is 218 g/mol. The maximum absolute atomic E-state index is 12.1. The third-order valence-electron chi connectivity index (χ3n) is 3.16. The molecule has 2 heterocycles. The van der Waals surface area contributed by atoms with E-state index in [2.05, 4.69) is 4.98 Å². The lowest BCUT2D eigenvalue weighted by Crippen LogP contribution is -2.28. The summed E-state index contributed by atoms with van der Waals surface area (Å²) in [4.78, 5) is 4.15. The van der Waals surface area contributed by atoms with Crippen LogP contribution in [0.25, 0.3) is 5.69 Å². The van der Waals surface area contributed by atoms with Crippen molar-refractivity contribution in [1.82, 2.24) is 9.55 Å². The number of hydrogen-bond acceptors (Lipinski definition) is 4. The third-order valence-corrected chi connectivity index (χ3v) is 3.16. The monoisotopic (exact) mass is 230 g/mol. The van der Waals surface area contributed by atoms with Crippen molar-refractivity contribution in [2.75, 3.05) is 5.06 Å². The second-order valence-corrected chi connectivity index (χ2v) is 4.10. The highest BCUT2D eigenvalue weighted by molar-refractivity contribution is 5.67. The van der Waals surface area contributed by atoms with E-state index in [0.717, 1.165) is 16.4 Å². The Morgan fingerprint density at radius 1 is 1.35 bits per heavy atom. The van der Waals surface area contributed by atoms with Crippen LogP contribution in [-0.2, 0) is 6.61 Å². The van der Waals surface area contributed by atoms with E-state index in [4.69, 9.17) is 0 Å². The zero-order chi connectivity index (χ0) is 12.0. The SMILES string of the molecule is CC1c2c(CO)ncn2-c2ccccc2N1[O-]. The van der Waals surface area contributed by atoms with Gasteiger partial charge in [-0.2, -0.15) is 0 Å². The Bertz CT molecular complexity index is 565. The van der Waals surface area contributed by atoms with E-state index >= 15 is 0 Å². The normalized spacial score (nSPS) is 17.8. The van der Waals surface area contributed by atoms with Gasteiger partial charge in [0.05, 0.1) is 41.7 Å². The van der Waals surface area contributed by atoms with Crippen molar-refractivity contribution in [2.24, 2.45) is 0 Å². The Labute approximate surface area is 98.5 Å². The highest BCUT2D eigenvalue weighted by Crippen LogP contribution is 2.38. The fourth-order valence-corrected chi connectivity index (χ4v) is 2.32. The maximum Gasteiger partial charge on any atom is 0.1000 e. The highest BCUT2D eigenvalue weighted by atomic mass is 16.5. The zero-order valence-corrected chi connectivity index (χ0v) is 9.37. The second-order valence-electron chi connectivity index (χ2n) is 4.10. The molecular formula is C12H12N3O2-. The van der Waals surface area contributed by atoms with Gasteiger partial charge >= 0.3 is 0 Å². The Morgan fingerprint density at radius 3 is 2.76 bits per heavy atom. The summed E-state index contributed by atoms with van der Waals surface area (Å²) in [5.74, 6) is 0. The van der Waals surface area contributed by atoms with Crippen LogP contribution in [0.3, 0.4) is 0 Å². The molecule has 1 atom stereocenters. The number of para-hydroxylation sites is 2. The third kappa shape index (κ3) is 1.30. The van der Waals surface area contributed by atoms with E-state index < -0.39 is 0 Å². The van der Waals surface area contributed by atoms with Crippen molar-refractivity contribution in [3.05, 3.63) is 47.2 Å². The van der Waals surface area contributed by atoms with Crippen molar-refractivity contribution in [2.45, 2.75) is 19.6 Å².